The van der Waals surface area contributed by atoms with Gasteiger partial charge in [-0.3, -0.25) is 0 Å². The van der Waals surface area contributed by atoms with E-state index in [1.54, 1.807) is 0 Å². The third kappa shape index (κ3) is 2.28. The summed E-state index contributed by atoms with van der Waals surface area (Å²) in [5.74, 6) is 0. The zero-order valence-corrected chi connectivity index (χ0v) is 10.5. The predicted molar refractivity (Wildman–Crippen MR) is 67.7 cm³/mol. The van der Waals surface area contributed by atoms with E-state index in [-0.39, 0.29) is 0 Å². The summed E-state index contributed by atoms with van der Waals surface area (Å²) in [5, 5.41) is 0. The molecule has 2 heteroatoms. The molecule has 92 valence electrons. The molecule has 0 amide bonds. The van der Waals surface area contributed by atoms with Crippen molar-refractivity contribution >= 4 is 0 Å². The second kappa shape index (κ2) is 5.05. The van der Waals surface area contributed by atoms with Crippen LogP contribution in [0.15, 0.2) is 0 Å². The van der Waals surface area contributed by atoms with E-state index in [0.717, 1.165) is 12.1 Å². The van der Waals surface area contributed by atoms with Crippen molar-refractivity contribution in [1.82, 2.24) is 9.80 Å². The Morgan fingerprint density at radius 2 is 1.00 bits per heavy atom. The number of fused-ring (bicyclic) bond motifs is 2. The highest BCUT2D eigenvalue weighted by atomic mass is 15.2. The topological polar surface area (TPSA) is 6.48 Å². The molecule has 1 unspecified atom stereocenters. The molecule has 0 N–H and O–H groups in total. The molecule has 0 aromatic heterocycles. The smallest absolute Gasteiger partial charge is 0.0107 e. The molecule has 2 atom stereocenters. The molecule has 3 aliphatic heterocycles. The monoisotopic (exact) mass is 222 g/mol. The van der Waals surface area contributed by atoms with Gasteiger partial charge >= 0.3 is 0 Å². The molecule has 0 aromatic carbocycles. The van der Waals surface area contributed by atoms with Crippen LogP contribution in [0.3, 0.4) is 0 Å². The fourth-order valence-corrected chi connectivity index (χ4v) is 3.99. The third-order valence-corrected chi connectivity index (χ3v) is 5.00. The van der Waals surface area contributed by atoms with Crippen LogP contribution in [-0.2, 0) is 0 Å². The van der Waals surface area contributed by atoms with Crippen LogP contribution < -0.4 is 0 Å². The molecule has 0 bridgehead atoms. The highest BCUT2D eigenvalue weighted by Crippen LogP contribution is 2.27. The van der Waals surface area contributed by atoms with Gasteiger partial charge in [-0.15, -0.1) is 0 Å². The van der Waals surface area contributed by atoms with Crippen molar-refractivity contribution in [3.8, 4) is 0 Å². The summed E-state index contributed by atoms with van der Waals surface area (Å²) in [6, 6.07) is 1.85. The summed E-state index contributed by atoms with van der Waals surface area (Å²) >= 11 is 0. The summed E-state index contributed by atoms with van der Waals surface area (Å²) in [6.07, 6.45) is 11.7. The van der Waals surface area contributed by atoms with Gasteiger partial charge in [0.05, 0.1) is 0 Å². The van der Waals surface area contributed by atoms with Crippen LogP contribution >= 0.6 is 0 Å². The Balaban J connectivity index is 1.63. The van der Waals surface area contributed by atoms with Crippen molar-refractivity contribution in [2.24, 2.45) is 0 Å². The van der Waals surface area contributed by atoms with Crippen molar-refractivity contribution in [1.29, 1.82) is 0 Å². The molecule has 16 heavy (non-hydrogen) atoms. The van der Waals surface area contributed by atoms with Crippen LogP contribution in [0.5, 0.6) is 0 Å². The highest BCUT2D eigenvalue weighted by molar-refractivity contribution is 4.86. The second-order valence-electron chi connectivity index (χ2n) is 5.95. The summed E-state index contributed by atoms with van der Waals surface area (Å²) in [5.41, 5.74) is 0. The molecular weight excluding hydrogens is 196 g/mol. The van der Waals surface area contributed by atoms with Crippen LogP contribution in [-0.4, -0.2) is 48.1 Å². The molecule has 0 aromatic rings. The largest absolute Gasteiger partial charge is 0.300 e. The van der Waals surface area contributed by atoms with Crippen molar-refractivity contribution in [3.05, 3.63) is 0 Å². The van der Waals surface area contributed by atoms with Gasteiger partial charge in [0.2, 0.25) is 0 Å². The SMILES string of the molecule is C1CCN2CC[C@@H]3CCCCN3CCC2C1. The quantitative estimate of drug-likeness (QED) is 0.621. The minimum absolute atomic E-state index is 0.927. The minimum Gasteiger partial charge on any atom is -0.300 e. The first kappa shape index (κ1) is 11.0. The van der Waals surface area contributed by atoms with Crippen molar-refractivity contribution in [3.63, 3.8) is 0 Å². The van der Waals surface area contributed by atoms with Gasteiger partial charge in [0.1, 0.15) is 0 Å². The molecule has 3 aliphatic rings. The molecule has 3 saturated heterocycles. The van der Waals surface area contributed by atoms with E-state index >= 15 is 0 Å². The second-order valence-corrected chi connectivity index (χ2v) is 5.95. The Morgan fingerprint density at radius 3 is 1.50 bits per heavy atom. The average Bonchev–Trinajstić information content (AvgIpc) is 2.32. The Morgan fingerprint density at radius 1 is 0.500 bits per heavy atom. The number of hydrogen-bond donors (Lipinski definition) is 0. The molecule has 3 heterocycles. The maximum atomic E-state index is 2.80. The summed E-state index contributed by atoms with van der Waals surface area (Å²) < 4.78 is 0. The van der Waals surface area contributed by atoms with Crippen LogP contribution in [0, 0.1) is 0 Å². The fourth-order valence-electron chi connectivity index (χ4n) is 3.99. The number of piperidine rings is 2. The number of nitrogens with zero attached hydrogens (tertiary/aromatic N) is 2. The Hall–Kier alpha value is -0.0800. The van der Waals surface area contributed by atoms with Gasteiger partial charge in [0.15, 0.2) is 0 Å². The molecule has 2 nitrogen and oxygen atoms in total. The molecular formula is C14H26N2. The number of rotatable bonds is 0. The van der Waals surface area contributed by atoms with Gasteiger partial charge in [-0.2, -0.15) is 0 Å². The normalized spacial score (nSPS) is 38.2. The minimum atomic E-state index is 0.927. The Kier molecular flexibility index (Phi) is 3.49. The van der Waals surface area contributed by atoms with E-state index < -0.39 is 0 Å². The standard InChI is InChI=1S/C14H26N2/c1-3-9-15-12-8-14-6-2-4-10-16(14)11-7-13(15)5-1/h13-14H,1-12H2/t13-,14?/m0/s1. The lowest BCUT2D eigenvalue weighted by Crippen LogP contribution is -2.50. The predicted octanol–water partition coefficient (Wildman–Crippen LogP) is 2.49. The molecule has 0 aliphatic carbocycles. The summed E-state index contributed by atoms with van der Waals surface area (Å²) in [6.45, 7) is 5.53. The first-order valence-electron chi connectivity index (χ1n) is 7.41. The van der Waals surface area contributed by atoms with E-state index in [9.17, 15) is 0 Å². The molecule has 0 saturated carbocycles. The molecule has 0 spiro atoms. The summed E-state index contributed by atoms with van der Waals surface area (Å²) in [4.78, 5) is 5.60. The fraction of sp³-hybridized carbons (Fsp3) is 1.00. The third-order valence-electron chi connectivity index (χ3n) is 5.00. The average molecular weight is 222 g/mol. The van der Waals surface area contributed by atoms with Crippen LogP contribution in [0.25, 0.3) is 0 Å². The summed E-state index contributed by atoms with van der Waals surface area (Å²) in [7, 11) is 0. The number of hydrogen-bond acceptors (Lipinski definition) is 2. The molecule has 0 radical (unpaired) electrons. The van der Waals surface area contributed by atoms with Crippen molar-refractivity contribution in [2.45, 2.75) is 63.5 Å². The first-order chi connectivity index (χ1) is 7.93. The van der Waals surface area contributed by atoms with Gasteiger partial charge in [-0.05, 0) is 64.7 Å². The molecule has 3 rings (SSSR count). The van der Waals surface area contributed by atoms with Gasteiger partial charge in [-0.25, -0.2) is 0 Å². The zero-order valence-electron chi connectivity index (χ0n) is 10.5. The maximum absolute atomic E-state index is 2.80. The van der Waals surface area contributed by atoms with Gasteiger partial charge < -0.3 is 9.80 Å². The van der Waals surface area contributed by atoms with Gasteiger partial charge in [0.25, 0.3) is 0 Å². The van der Waals surface area contributed by atoms with Crippen molar-refractivity contribution in [2.75, 3.05) is 26.2 Å². The first-order valence-corrected chi connectivity index (χ1v) is 7.41. The van der Waals surface area contributed by atoms with Gasteiger partial charge in [0, 0.05) is 12.1 Å². The van der Waals surface area contributed by atoms with E-state index in [2.05, 4.69) is 9.80 Å². The van der Waals surface area contributed by atoms with E-state index in [4.69, 9.17) is 0 Å². The lowest BCUT2D eigenvalue weighted by atomic mass is 9.92. The zero-order chi connectivity index (χ0) is 10.8. The van der Waals surface area contributed by atoms with E-state index in [0.29, 0.717) is 0 Å². The Labute approximate surface area is 100.0 Å². The van der Waals surface area contributed by atoms with E-state index in [1.165, 1.54) is 77.5 Å². The lowest BCUT2D eigenvalue weighted by Gasteiger charge is -2.44. The van der Waals surface area contributed by atoms with Crippen LogP contribution in [0.4, 0.5) is 0 Å². The maximum Gasteiger partial charge on any atom is 0.0107 e. The van der Waals surface area contributed by atoms with E-state index in [1.807, 2.05) is 0 Å². The van der Waals surface area contributed by atoms with Crippen molar-refractivity contribution < 1.29 is 0 Å². The van der Waals surface area contributed by atoms with Crippen LogP contribution in [0.1, 0.15) is 51.4 Å². The lowest BCUT2D eigenvalue weighted by molar-refractivity contribution is 0.0549. The Bertz CT molecular complexity index is 181. The molecule has 3 fully saturated rings. The highest BCUT2D eigenvalue weighted by Gasteiger charge is 2.29. The van der Waals surface area contributed by atoms with Crippen LogP contribution in [0.2, 0.25) is 0 Å². The van der Waals surface area contributed by atoms with Gasteiger partial charge in [-0.1, -0.05) is 12.8 Å².